The number of aryl methyl sites for hydroxylation is 1. The predicted molar refractivity (Wildman–Crippen MR) is 131 cm³/mol. The average molecular weight is 494 g/mol. The summed E-state index contributed by atoms with van der Waals surface area (Å²) in [6, 6.07) is 9.70. The van der Waals surface area contributed by atoms with Crippen LogP contribution in [0.4, 0.5) is 8.78 Å². The first-order valence-corrected chi connectivity index (χ1v) is 11.9. The van der Waals surface area contributed by atoms with Crippen molar-refractivity contribution in [2.24, 2.45) is 0 Å². The zero-order valence-corrected chi connectivity index (χ0v) is 20.8. The lowest BCUT2D eigenvalue weighted by Crippen LogP contribution is -2.52. The van der Waals surface area contributed by atoms with E-state index in [1.807, 2.05) is 40.5 Å². The zero-order valence-electron chi connectivity index (χ0n) is 20.8. The summed E-state index contributed by atoms with van der Waals surface area (Å²) in [4.78, 5) is 4.29. The summed E-state index contributed by atoms with van der Waals surface area (Å²) < 4.78 is 37.2. The summed E-state index contributed by atoms with van der Waals surface area (Å²) in [5.41, 5.74) is 1.14. The minimum atomic E-state index is -1.19. The van der Waals surface area contributed by atoms with Gasteiger partial charge in [0.1, 0.15) is 11.6 Å². The predicted octanol–water partition coefficient (Wildman–Crippen LogP) is 4.77. The highest BCUT2D eigenvalue weighted by molar-refractivity contribution is 5.63. The van der Waals surface area contributed by atoms with Gasteiger partial charge in [0, 0.05) is 18.3 Å². The molecule has 0 bridgehead atoms. The number of hydrogen-bond donors (Lipinski definition) is 1. The fraction of sp³-hybridized carbons (Fsp3) is 0.370. The minimum Gasteiger partial charge on any atom is -0.495 e. The van der Waals surface area contributed by atoms with Gasteiger partial charge >= 0.3 is 0 Å². The number of imidazole rings is 1. The van der Waals surface area contributed by atoms with E-state index >= 15 is 0 Å². The second-order valence-electron chi connectivity index (χ2n) is 9.98. The van der Waals surface area contributed by atoms with Gasteiger partial charge in [0.25, 0.3) is 0 Å². The van der Waals surface area contributed by atoms with Crippen LogP contribution in [-0.4, -0.2) is 42.1 Å². The quantitative estimate of drug-likeness (QED) is 0.419. The van der Waals surface area contributed by atoms with Crippen LogP contribution in [0, 0.1) is 18.6 Å². The molecular formula is C27H29F2N5O2. The van der Waals surface area contributed by atoms with Gasteiger partial charge in [0.2, 0.25) is 0 Å². The SMILES string of the molecule is COc1cc(-c2nnc3n2CCCC3(Cc2ccc(F)c(F)c2)C(C)(C)O)ccc1-n1cnc(C)c1. The van der Waals surface area contributed by atoms with Crippen LogP contribution in [0.1, 0.15) is 43.8 Å². The van der Waals surface area contributed by atoms with Crippen LogP contribution >= 0.6 is 0 Å². The fourth-order valence-corrected chi connectivity index (χ4v) is 5.28. The molecule has 188 valence electrons. The van der Waals surface area contributed by atoms with Crippen molar-refractivity contribution >= 4 is 0 Å². The highest BCUT2D eigenvalue weighted by atomic mass is 19.2. The number of fused-ring (bicyclic) bond motifs is 1. The van der Waals surface area contributed by atoms with Gasteiger partial charge in [-0.25, -0.2) is 13.8 Å². The van der Waals surface area contributed by atoms with Crippen LogP contribution in [-0.2, 0) is 18.4 Å². The van der Waals surface area contributed by atoms with Gasteiger partial charge in [0.05, 0.1) is 35.8 Å². The van der Waals surface area contributed by atoms with Gasteiger partial charge in [-0.2, -0.15) is 0 Å². The monoisotopic (exact) mass is 493 g/mol. The molecule has 1 aliphatic heterocycles. The second-order valence-corrected chi connectivity index (χ2v) is 9.98. The van der Waals surface area contributed by atoms with Crippen molar-refractivity contribution in [2.45, 2.75) is 57.6 Å². The van der Waals surface area contributed by atoms with Crippen molar-refractivity contribution in [3.8, 4) is 22.8 Å². The van der Waals surface area contributed by atoms with Gasteiger partial charge in [-0.15, -0.1) is 10.2 Å². The number of aromatic nitrogens is 5. The van der Waals surface area contributed by atoms with E-state index in [4.69, 9.17) is 4.74 Å². The van der Waals surface area contributed by atoms with Gasteiger partial charge < -0.3 is 19.0 Å². The molecule has 36 heavy (non-hydrogen) atoms. The minimum absolute atomic E-state index is 0.300. The Morgan fingerprint density at radius 1 is 1.11 bits per heavy atom. The number of rotatable bonds is 6. The zero-order chi connectivity index (χ0) is 25.7. The molecule has 3 heterocycles. The molecule has 9 heteroatoms. The Labute approximate surface area is 208 Å². The summed E-state index contributed by atoms with van der Waals surface area (Å²) in [5.74, 6) is 0.156. The van der Waals surface area contributed by atoms with E-state index in [0.29, 0.717) is 42.3 Å². The lowest BCUT2D eigenvalue weighted by Gasteiger charge is -2.45. The molecule has 1 atom stereocenters. The lowest BCUT2D eigenvalue weighted by atomic mass is 9.65. The summed E-state index contributed by atoms with van der Waals surface area (Å²) >= 11 is 0. The molecule has 0 saturated carbocycles. The van der Waals surface area contributed by atoms with Crippen LogP contribution in [0.3, 0.4) is 0 Å². The number of ether oxygens (including phenoxy) is 1. The Morgan fingerprint density at radius 2 is 1.92 bits per heavy atom. The van der Waals surface area contributed by atoms with Crippen LogP contribution in [0.5, 0.6) is 5.75 Å². The molecule has 5 rings (SSSR count). The van der Waals surface area contributed by atoms with Gasteiger partial charge in [0.15, 0.2) is 17.5 Å². The molecule has 4 aromatic rings. The van der Waals surface area contributed by atoms with E-state index in [2.05, 4.69) is 15.2 Å². The fourth-order valence-electron chi connectivity index (χ4n) is 5.28. The summed E-state index contributed by atoms with van der Waals surface area (Å²) in [6.45, 7) is 6.08. The van der Waals surface area contributed by atoms with Crippen molar-refractivity contribution < 1.29 is 18.6 Å². The first-order chi connectivity index (χ1) is 17.1. The molecule has 7 nitrogen and oxygen atoms in total. The third-order valence-corrected chi connectivity index (χ3v) is 7.25. The largest absolute Gasteiger partial charge is 0.495 e. The Morgan fingerprint density at radius 3 is 2.58 bits per heavy atom. The van der Waals surface area contributed by atoms with E-state index in [1.54, 1.807) is 33.4 Å². The average Bonchev–Trinajstić information content (AvgIpc) is 3.47. The Balaban J connectivity index is 1.59. The molecule has 0 fully saturated rings. The number of halogens is 2. The van der Waals surface area contributed by atoms with Gasteiger partial charge in [-0.05, 0) is 75.9 Å². The topological polar surface area (TPSA) is 78.0 Å². The summed E-state index contributed by atoms with van der Waals surface area (Å²) in [7, 11) is 1.62. The molecule has 0 aliphatic carbocycles. The molecule has 0 amide bonds. The molecule has 2 aromatic carbocycles. The maximum atomic E-state index is 14.0. The summed E-state index contributed by atoms with van der Waals surface area (Å²) in [5, 5.41) is 20.5. The normalized spacial score (nSPS) is 17.8. The van der Waals surface area contributed by atoms with E-state index < -0.39 is 22.7 Å². The number of hydrogen-bond acceptors (Lipinski definition) is 5. The van der Waals surface area contributed by atoms with E-state index in [0.717, 1.165) is 29.4 Å². The molecular weight excluding hydrogens is 464 g/mol. The van der Waals surface area contributed by atoms with Crippen LogP contribution in [0.25, 0.3) is 17.1 Å². The third-order valence-electron chi connectivity index (χ3n) is 7.25. The third kappa shape index (κ3) is 3.97. The maximum Gasteiger partial charge on any atom is 0.164 e. The second kappa shape index (κ2) is 8.81. The van der Waals surface area contributed by atoms with Crippen LogP contribution in [0.15, 0.2) is 48.9 Å². The number of methoxy groups -OCH3 is 1. The van der Waals surface area contributed by atoms with Crippen molar-refractivity contribution in [3.05, 3.63) is 77.6 Å². The Kier molecular flexibility index (Phi) is 5.90. The standard InChI is InChI=1S/C27H29F2N5O2/c1-17-15-33(16-30-17)22-9-7-19(13-23(22)36-4)24-31-32-25-27(26(2,3)35,10-5-11-34(24)25)14-18-6-8-20(28)21(29)12-18/h6-9,12-13,15-16,35H,5,10-11,14H2,1-4H3. The summed E-state index contributed by atoms with van der Waals surface area (Å²) in [6.07, 6.45) is 5.37. The molecule has 2 aromatic heterocycles. The van der Waals surface area contributed by atoms with Crippen LogP contribution < -0.4 is 4.74 Å². The Bertz CT molecular complexity index is 1420. The van der Waals surface area contributed by atoms with Crippen molar-refractivity contribution in [3.63, 3.8) is 0 Å². The maximum absolute atomic E-state index is 14.0. The molecule has 0 radical (unpaired) electrons. The number of aliphatic hydroxyl groups is 1. The van der Waals surface area contributed by atoms with Gasteiger partial charge in [-0.3, -0.25) is 0 Å². The first-order valence-electron chi connectivity index (χ1n) is 11.9. The number of benzene rings is 2. The molecule has 1 N–H and O–H groups in total. The van der Waals surface area contributed by atoms with Crippen molar-refractivity contribution in [1.29, 1.82) is 0 Å². The van der Waals surface area contributed by atoms with Crippen molar-refractivity contribution in [2.75, 3.05) is 7.11 Å². The van der Waals surface area contributed by atoms with E-state index in [9.17, 15) is 13.9 Å². The molecule has 1 aliphatic rings. The molecule has 1 unspecified atom stereocenters. The molecule has 0 spiro atoms. The smallest absolute Gasteiger partial charge is 0.164 e. The lowest BCUT2D eigenvalue weighted by molar-refractivity contribution is -0.0255. The van der Waals surface area contributed by atoms with E-state index in [-0.39, 0.29) is 0 Å². The highest BCUT2D eigenvalue weighted by Crippen LogP contribution is 2.46. The molecule has 0 saturated heterocycles. The van der Waals surface area contributed by atoms with E-state index in [1.165, 1.54) is 6.07 Å². The van der Waals surface area contributed by atoms with Crippen molar-refractivity contribution in [1.82, 2.24) is 24.3 Å². The first kappa shape index (κ1) is 24.1. The van der Waals surface area contributed by atoms with Gasteiger partial charge in [-0.1, -0.05) is 6.07 Å². The van der Waals surface area contributed by atoms with Crippen LogP contribution in [0.2, 0.25) is 0 Å². The Hall–Kier alpha value is -3.59. The highest BCUT2D eigenvalue weighted by Gasteiger charge is 2.50. The number of nitrogens with zero attached hydrogens (tertiary/aromatic N) is 5.